The molecule has 2 aromatic heterocycles. The largest absolute Gasteiger partial charge is 0.344 e. The van der Waals surface area contributed by atoms with Crippen LogP contribution in [-0.4, -0.2) is 63.5 Å². The molecule has 4 rings (SSSR count). The summed E-state index contributed by atoms with van der Waals surface area (Å²) in [5, 5.41) is 0. The molecule has 160 valence electrons. The quantitative estimate of drug-likeness (QED) is 0.728. The highest BCUT2D eigenvalue weighted by atomic mass is 16.2. The molecule has 0 saturated carbocycles. The lowest BCUT2D eigenvalue weighted by Crippen LogP contribution is -2.38. The number of amides is 1. The van der Waals surface area contributed by atoms with Crippen LogP contribution in [0.25, 0.3) is 0 Å². The monoisotopic (exact) mass is 409 g/mol. The van der Waals surface area contributed by atoms with Crippen LogP contribution >= 0.6 is 0 Å². The number of carbonyl (C=O) groups excluding carboxylic acids is 1. The van der Waals surface area contributed by atoms with Gasteiger partial charge in [0.1, 0.15) is 5.82 Å². The highest BCUT2D eigenvalue weighted by Crippen LogP contribution is 2.26. The van der Waals surface area contributed by atoms with E-state index in [2.05, 4.69) is 9.88 Å². The zero-order valence-corrected chi connectivity index (χ0v) is 17.8. The minimum atomic E-state index is 0.0854. The van der Waals surface area contributed by atoms with Gasteiger partial charge in [-0.25, -0.2) is 4.98 Å². The first-order chi connectivity index (χ1) is 14.6. The van der Waals surface area contributed by atoms with E-state index in [1.807, 2.05) is 23.7 Å². The van der Waals surface area contributed by atoms with E-state index >= 15 is 0 Å². The lowest BCUT2D eigenvalue weighted by molar-refractivity contribution is -0.130. The van der Waals surface area contributed by atoms with E-state index in [0.717, 1.165) is 69.7 Å². The Bertz CT molecular complexity index is 927. The van der Waals surface area contributed by atoms with Gasteiger partial charge < -0.3 is 4.90 Å². The first-order valence-corrected chi connectivity index (χ1v) is 11.1. The molecular formula is C23H31N5O2. The van der Waals surface area contributed by atoms with E-state index < -0.39 is 0 Å². The van der Waals surface area contributed by atoms with Crippen molar-refractivity contribution in [2.75, 3.05) is 33.2 Å². The summed E-state index contributed by atoms with van der Waals surface area (Å²) in [6.07, 6.45) is 9.55. The third-order valence-electron chi connectivity index (χ3n) is 6.35. The van der Waals surface area contributed by atoms with Crippen LogP contribution in [0.4, 0.5) is 0 Å². The minimum Gasteiger partial charge on any atom is -0.344 e. The minimum absolute atomic E-state index is 0.0854. The normalized spacial score (nSPS) is 19.3. The van der Waals surface area contributed by atoms with Crippen LogP contribution in [0.5, 0.6) is 0 Å². The summed E-state index contributed by atoms with van der Waals surface area (Å²) >= 11 is 0. The van der Waals surface area contributed by atoms with Gasteiger partial charge in [-0.15, -0.1) is 0 Å². The zero-order valence-electron chi connectivity index (χ0n) is 17.8. The maximum Gasteiger partial charge on any atom is 0.253 e. The van der Waals surface area contributed by atoms with Gasteiger partial charge in [-0.1, -0.05) is 6.42 Å². The van der Waals surface area contributed by atoms with Crippen LogP contribution < -0.4 is 5.56 Å². The van der Waals surface area contributed by atoms with Crippen molar-refractivity contribution >= 4 is 5.91 Å². The van der Waals surface area contributed by atoms with E-state index in [1.54, 1.807) is 23.4 Å². The van der Waals surface area contributed by atoms with E-state index in [9.17, 15) is 9.59 Å². The van der Waals surface area contributed by atoms with Gasteiger partial charge in [-0.3, -0.25) is 24.0 Å². The molecule has 0 unspecified atom stereocenters. The van der Waals surface area contributed by atoms with Crippen molar-refractivity contribution in [2.24, 2.45) is 0 Å². The molecule has 0 aliphatic carbocycles. The van der Waals surface area contributed by atoms with Crippen LogP contribution in [-0.2, 0) is 24.2 Å². The summed E-state index contributed by atoms with van der Waals surface area (Å²) in [5.74, 6) is 1.32. The number of fused-ring (bicyclic) bond motifs is 1. The third kappa shape index (κ3) is 4.95. The third-order valence-corrected chi connectivity index (χ3v) is 6.35. The standard InChI is InChI=1S/C23H31N5O2/c1-26(13-8-18-6-10-24-11-7-18)23(30)17-27-14-9-19(16-27)20-15-22(29)28-12-4-2-3-5-21(28)25-20/h6-7,10-11,15,19H,2-5,8-9,12-14,16-17H2,1H3/t19-/m0/s1. The molecule has 30 heavy (non-hydrogen) atoms. The molecule has 4 heterocycles. The van der Waals surface area contributed by atoms with Gasteiger partial charge in [-0.05, 0) is 49.9 Å². The fraction of sp³-hybridized carbons (Fsp3) is 0.565. The fourth-order valence-electron chi connectivity index (χ4n) is 4.44. The molecular weight excluding hydrogens is 378 g/mol. The van der Waals surface area contributed by atoms with Gasteiger partial charge >= 0.3 is 0 Å². The molecule has 2 aromatic rings. The van der Waals surface area contributed by atoms with Crippen molar-refractivity contribution in [3.8, 4) is 0 Å². The molecule has 2 aliphatic heterocycles. The molecule has 0 spiro atoms. The van der Waals surface area contributed by atoms with Gasteiger partial charge in [0.25, 0.3) is 5.56 Å². The summed E-state index contributed by atoms with van der Waals surface area (Å²) in [6.45, 7) is 3.57. The summed E-state index contributed by atoms with van der Waals surface area (Å²) in [5.41, 5.74) is 2.18. The van der Waals surface area contributed by atoms with Crippen LogP contribution in [0.2, 0.25) is 0 Å². The van der Waals surface area contributed by atoms with E-state index in [-0.39, 0.29) is 17.4 Å². The van der Waals surface area contributed by atoms with Gasteiger partial charge in [0.05, 0.1) is 12.2 Å². The number of likely N-dealkylation sites (N-methyl/N-ethyl adjacent to an activating group) is 1. The Labute approximate surface area is 177 Å². The van der Waals surface area contributed by atoms with Crippen LogP contribution in [0.15, 0.2) is 35.4 Å². The number of aromatic nitrogens is 3. The first kappa shape index (κ1) is 20.7. The predicted octanol–water partition coefficient (Wildman–Crippen LogP) is 1.86. The lowest BCUT2D eigenvalue weighted by atomic mass is 10.0. The lowest BCUT2D eigenvalue weighted by Gasteiger charge is -2.22. The molecule has 1 atom stereocenters. The van der Waals surface area contributed by atoms with Gasteiger partial charge in [0.2, 0.25) is 5.91 Å². The summed E-state index contributed by atoms with van der Waals surface area (Å²) in [7, 11) is 1.87. The Hall–Kier alpha value is -2.54. The molecule has 1 saturated heterocycles. The maximum absolute atomic E-state index is 12.7. The van der Waals surface area contributed by atoms with Crippen molar-refractivity contribution < 1.29 is 4.79 Å². The van der Waals surface area contributed by atoms with Gasteiger partial charge in [0, 0.05) is 57.5 Å². The highest BCUT2D eigenvalue weighted by Gasteiger charge is 2.28. The predicted molar refractivity (Wildman–Crippen MR) is 115 cm³/mol. The second-order valence-electron chi connectivity index (χ2n) is 8.54. The van der Waals surface area contributed by atoms with Crippen molar-refractivity contribution in [2.45, 2.75) is 51.0 Å². The number of aryl methyl sites for hydroxylation is 1. The molecule has 1 amide bonds. The molecule has 1 fully saturated rings. The maximum atomic E-state index is 12.7. The number of hydrogen-bond donors (Lipinski definition) is 0. The SMILES string of the molecule is CN(CCc1ccncc1)C(=O)CN1CC[C@H](c2cc(=O)n3c(n2)CCCCC3)C1. The number of pyridine rings is 1. The summed E-state index contributed by atoms with van der Waals surface area (Å²) in [4.78, 5) is 38.1. The molecule has 2 aliphatic rings. The second kappa shape index (κ2) is 9.51. The molecule has 7 heteroatoms. The first-order valence-electron chi connectivity index (χ1n) is 11.1. The Morgan fingerprint density at radius 2 is 2.03 bits per heavy atom. The molecule has 7 nitrogen and oxygen atoms in total. The van der Waals surface area contributed by atoms with Crippen molar-refractivity contribution in [3.05, 3.63) is 58.0 Å². The molecule has 0 radical (unpaired) electrons. The van der Waals surface area contributed by atoms with Gasteiger partial charge in [0.15, 0.2) is 0 Å². The Kier molecular flexibility index (Phi) is 6.57. The van der Waals surface area contributed by atoms with Crippen LogP contribution in [0.3, 0.4) is 0 Å². The van der Waals surface area contributed by atoms with Gasteiger partial charge in [-0.2, -0.15) is 0 Å². The molecule has 0 bridgehead atoms. The summed E-state index contributed by atoms with van der Waals surface area (Å²) < 4.78 is 1.85. The van der Waals surface area contributed by atoms with Crippen molar-refractivity contribution in [1.29, 1.82) is 0 Å². The Balaban J connectivity index is 1.32. The second-order valence-corrected chi connectivity index (χ2v) is 8.54. The molecule has 0 N–H and O–H groups in total. The van der Waals surface area contributed by atoms with E-state index in [0.29, 0.717) is 13.1 Å². The number of nitrogens with zero attached hydrogens (tertiary/aromatic N) is 5. The number of rotatable bonds is 6. The fourth-order valence-corrected chi connectivity index (χ4v) is 4.44. The smallest absolute Gasteiger partial charge is 0.253 e. The number of likely N-dealkylation sites (tertiary alicyclic amines) is 1. The zero-order chi connectivity index (χ0) is 20.9. The average Bonchev–Trinajstić information content (AvgIpc) is 3.08. The Morgan fingerprint density at radius 3 is 2.87 bits per heavy atom. The number of carbonyl (C=O) groups is 1. The van der Waals surface area contributed by atoms with E-state index in [1.165, 1.54) is 5.56 Å². The van der Waals surface area contributed by atoms with Crippen LogP contribution in [0, 0.1) is 0 Å². The van der Waals surface area contributed by atoms with Crippen molar-refractivity contribution in [3.63, 3.8) is 0 Å². The Morgan fingerprint density at radius 1 is 1.20 bits per heavy atom. The molecule has 0 aromatic carbocycles. The summed E-state index contributed by atoms with van der Waals surface area (Å²) in [6, 6.07) is 5.70. The number of hydrogen-bond acceptors (Lipinski definition) is 5. The topological polar surface area (TPSA) is 71.3 Å². The van der Waals surface area contributed by atoms with Crippen molar-refractivity contribution in [1.82, 2.24) is 24.3 Å². The van der Waals surface area contributed by atoms with E-state index in [4.69, 9.17) is 4.98 Å². The van der Waals surface area contributed by atoms with Crippen LogP contribution in [0.1, 0.15) is 48.7 Å². The average molecular weight is 410 g/mol. The highest BCUT2D eigenvalue weighted by molar-refractivity contribution is 5.78.